The zero-order valence-electron chi connectivity index (χ0n) is 14.1. The lowest BCUT2D eigenvalue weighted by Crippen LogP contribution is -2.52. The summed E-state index contributed by atoms with van der Waals surface area (Å²) >= 11 is 0. The van der Waals surface area contributed by atoms with Crippen molar-refractivity contribution in [1.29, 1.82) is 0 Å². The van der Waals surface area contributed by atoms with Gasteiger partial charge in [-0.3, -0.25) is 9.69 Å². The van der Waals surface area contributed by atoms with E-state index in [0.717, 1.165) is 0 Å². The van der Waals surface area contributed by atoms with Crippen LogP contribution in [0.4, 0.5) is 4.79 Å². The first kappa shape index (κ1) is 16.6. The van der Waals surface area contributed by atoms with Crippen LogP contribution in [0.2, 0.25) is 0 Å². The summed E-state index contributed by atoms with van der Waals surface area (Å²) in [6.07, 6.45) is 2.42. The predicted molar refractivity (Wildman–Crippen MR) is 86.1 cm³/mol. The molecule has 0 aromatic rings. The van der Waals surface area contributed by atoms with Gasteiger partial charge in [0.25, 0.3) is 0 Å². The van der Waals surface area contributed by atoms with E-state index in [-0.39, 0.29) is 5.91 Å². The molecule has 2 N–H and O–H groups in total. The summed E-state index contributed by atoms with van der Waals surface area (Å²) in [4.78, 5) is 42.4. The molecule has 1 fully saturated rings. The van der Waals surface area contributed by atoms with Crippen molar-refractivity contribution in [2.45, 2.75) is 45.3 Å². The third kappa shape index (κ3) is 2.60. The molecule has 1 unspecified atom stereocenters. The fourth-order valence-electron chi connectivity index (χ4n) is 3.36. The minimum Gasteiger partial charge on any atom is -0.443 e. The molecule has 8 heteroatoms. The predicted octanol–water partition coefficient (Wildman–Crippen LogP) is 0.544. The Bertz CT molecular complexity index is 641. The summed E-state index contributed by atoms with van der Waals surface area (Å²) in [6, 6.07) is -0.877. The Morgan fingerprint density at radius 1 is 1.42 bits per heavy atom. The number of amides is 2. The van der Waals surface area contributed by atoms with Crippen molar-refractivity contribution in [1.82, 2.24) is 15.5 Å². The molecule has 8 nitrogen and oxygen atoms in total. The fourth-order valence-corrected chi connectivity index (χ4v) is 3.36. The van der Waals surface area contributed by atoms with E-state index in [1.807, 2.05) is 0 Å². The second-order valence-electron chi connectivity index (χ2n) is 7.24. The Morgan fingerprint density at radius 3 is 2.67 bits per heavy atom. The summed E-state index contributed by atoms with van der Waals surface area (Å²) in [5.74, 6) is 0.164. The number of ether oxygens (including phenoxy) is 1. The van der Waals surface area contributed by atoms with Gasteiger partial charge in [-0.05, 0) is 46.7 Å². The number of hydrogen-bond acceptors (Lipinski definition) is 6. The third-order valence-corrected chi connectivity index (χ3v) is 4.43. The van der Waals surface area contributed by atoms with E-state index >= 15 is 0 Å². The maximum atomic E-state index is 12.8. The first-order chi connectivity index (χ1) is 11.3. The molecule has 3 aliphatic heterocycles. The van der Waals surface area contributed by atoms with Gasteiger partial charge in [-0.2, -0.15) is 0 Å². The highest BCUT2D eigenvalue weighted by Crippen LogP contribution is 2.46. The Morgan fingerprint density at radius 2 is 2.08 bits per heavy atom. The molecule has 0 aromatic carbocycles. The van der Waals surface area contributed by atoms with Gasteiger partial charge in [-0.15, -0.1) is 0 Å². The average molecular weight is 334 g/mol. The van der Waals surface area contributed by atoms with E-state index in [1.54, 1.807) is 20.8 Å². The van der Waals surface area contributed by atoms with Crippen LogP contribution in [0.15, 0.2) is 16.5 Å². The molecule has 0 aliphatic carbocycles. The van der Waals surface area contributed by atoms with Crippen molar-refractivity contribution >= 4 is 24.5 Å². The number of rotatable bonds is 1. The first-order valence-electron chi connectivity index (χ1n) is 8.07. The monoisotopic (exact) mass is 334 g/mol. The Balaban J connectivity index is 2.04. The highest BCUT2D eigenvalue weighted by molar-refractivity contribution is 5.98. The standard InChI is InChI=1S/C16H22N4O4/c1-15(2,3)24-14(23)20-10(9-21)8-18-12-11(20)16(13(22)19-12)4-6-17-7-5-16/h8-10,17H,4-7H2,1-3H3,(H,19,22). The number of hydrogen-bond donors (Lipinski definition) is 2. The van der Waals surface area contributed by atoms with Gasteiger partial charge in [0.15, 0.2) is 5.82 Å². The zero-order valence-corrected chi connectivity index (χ0v) is 14.1. The molecule has 0 saturated carbocycles. The Hall–Kier alpha value is -2.22. The second kappa shape index (κ2) is 5.70. The lowest BCUT2D eigenvalue weighted by molar-refractivity contribution is -0.129. The molecule has 0 bridgehead atoms. The number of aliphatic imine (C=N–C) groups is 1. The van der Waals surface area contributed by atoms with E-state index in [0.29, 0.717) is 43.7 Å². The molecule has 1 saturated heterocycles. The first-order valence-corrected chi connectivity index (χ1v) is 8.07. The molecular weight excluding hydrogens is 312 g/mol. The van der Waals surface area contributed by atoms with E-state index < -0.39 is 23.2 Å². The van der Waals surface area contributed by atoms with E-state index in [9.17, 15) is 14.4 Å². The number of nitrogens with zero attached hydrogens (tertiary/aromatic N) is 2. The van der Waals surface area contributed by atoms with Crippen LogP contribution in [-0.2, 0) is 14.3 Å². The molecule has 0 aromatic heterocycles. The third-order valence-electron chi connectivity index (χ3n) is 4.43. The molecule has 2 amide bonds. The van der Waals surface area contributed by atoms with Crippen molar-refractivity contribution in [2.75, 3.05) is 13.1 Å². The van der Waals surface area contributed by atoms with Gasteiger partial charge in [0, 0.05) is 6.21 Å². The van der Waals surface area contributed by atoms with Gasteiger partial charge in [0.05, 0.1) is 11.1 Å². The molecule has 130 valence electrons. The summed E-state index contributed by atoms with van der Waals surface area (Å²) in [7, 11) is 0. The van der Waals surface area contributed by atoms with Gasteiger partial charge in [0.1, 0.15) is 17.9 Å². The lowest BCUT2D eigenvalue weighted by atomic mass is 9.75. The summed E-state index contributed by atoms with van der Waals surface area (Å²) in [6.45, 7) is 6.58. The van der Waals surface area contributed by atoms with Crippen molar-refractivity contribution in [3.63, 3.8) is 0 Å². The van der Waals surface area contributed by atoms with Crippen molar-refractivity contribution in [3.8, 4) is 0 Å². The number of piperidine rings is 1. The quantitative estimate of drug-likeness (QED) is 0.682. The summed E-state index contributed by atoms with van der Waals surface area (Å²) in [5, 5.41) is 5.97. The SMILES string of the molecule is CC(C)(C)OC(=O)N1C2=C(N=CC1C=O)NC(=O)C21CCNCC1. The summed E-state index contributed by atoms with van der Waals surface area (Å²) < 4.78 is 5.46. The molecule has 24 heavy (non-hydrogen) atoms. The number of carbonyl (C=O) groups is 3. The van der Waals surface area contributed by atoms with Gasteiger partial charge >= 0.3 is 6.09 Å². The van der Waals surface area contributed by atoms with Gasteiger partial charge in [0.2, 0.25) is 5.91 Å². The molecule has 3 heterocycles. The number of nitrogens with one attached hydrogen (secondary N) is 2. The number of carbonyl (C=O) groups excluding carboxylic acids is 3. The molecule has 3 aliphatic rings. The zero-order chi connectivity index (χ0) is 17.5. The maximum absolute atomic E-state index is 12.8. The van der Waals surface area contributed by atoms with Crippen molar-refractivity contribution in [2.24, 2.45) is 10.4 Å². The second-order valence-corrected chi connectivity index (χ2v) is 7.24. The van der Waals surface area contributed by atoms with E-state index in [1.165, 1.54) is 11.1 Å². The minimum absolute atomic E-state index is 0.175. The van der Waals surface area contributed by atoms with Gasteiger partial charge in [-0.1, -0.05) is 0 Å². The molecule has 1 spiro atoms. The van der Waals surface area contributed by atoms with Crippen LogP contribution in [0.25, 0.3) is 0 Å². The fraction of sp³-hybridized carbons (Fsp3) is 0.625. The van der Waals surface area contributed by atoms with Crippen LogP contribution in [-0.4, -0.2) is 54.1 Å². The molecule has 1 atom stereocenters. The highest BCUT2D eigenvalue weighted by Gasteiger charge is 2.55. The van der Waals surface area contributed by atoms with Crippen molar-refractivity contribution < 1.29 is 19.1 Å². The number of aldehydes is 1. The van der Waals surface area contributed by atoms with Crippen LogP contribution in [0.1, 0.15) is 33.6 Å². The number of fused-ring (bicyclic) bond motifs is 1. The van der Waals surface area contributed by atoms with Crippen LogP contribution < -0.4 is 10.6 Å². The van der Waals surface area contributed by atoms with Gasteiger partial charge in [-0.25, -0.2) is 9.79 Å². The topological polar surface area (TPSA) is 100 Å². The van der Waals surface area contributed by atoms with Crippen molar-refractivity contribution in [3.05, 3.63) is 11.5 Å². The largest absolute Gasteiger partial charge is 0.443 e. The van der Waals surface area contributed by atoms with E-state index in [4.69, 9.17) is 4.74 Å². The van der Waals surface area contributed by atoms with Gasteiger partial charge < -0.3 is 20.2 Å². The lowest BCUT2D eigenvalue weighted by Gasteiger charge is -2.40. The normalized spacial score (nSPS) is 25.5. The molecule has 0 radical (unpaired) electrons. The van der Waals surface area contributed by atoms with Crippen LogP contribution in [0.5, 0.6) is 0 Å². The summed E-state index contributed by atoms with van der Waals surface area (Å²) in [5.41, 5.74) is -1.10. The smallest absolute Gasteiger partial charge is 0.415 e. The van der Waals surface area contributed by atoms with E-state index in [2.05, 4.69) is 15.6 Å². The van der Waals surface area contributed by atoms with Crippen LogP contribution >= 0.6 is 0 Å². The minimum atomic E-state index is -0.877. The molecule has 3 rings (SSSR count). The average Bonchev–Trinajstić information content (AvgIpc) is 2.78. The Labute approximate surface area is 140 Å². The van der Waals surface area contributed by atoms with Crippen LogP contribution in [0.3, 0.4) is 0 Å². The Kier molecular flexibility index (Phi) is 3.95. The van der Waals surface area contributed by atoms with Crippen LogP contribution in [0, 0.1) is 5.41 Å². The maximum Gasteiger partial charge on any atom is 0.415 e. The molecular formula is C16H22N4O4. The highest BCUT2D eigenvalue weighted by atomic mass is 16.6.